The van der Waals surface area contributed by atoms with E-state index in [4.69, 9.17) is 4.74 Å². The van der Waals surface area contributed by atoms with E-state index in [1.807, 2.05) is 54.6 Å². The number of fused-ring (bicyclic) bond motifs is 1. The van der Waals surface area contributed by atoms with Crippen LogP contribution in [0.25, 0.3) is 10.8 Å². The molecule has 0 bridgehead atoms. The molecular formula is C25H28N2O6S. The number of nitrogens with one attached hydrogen (secondary N) is 1. The minimum Gasteiger partial charge on any atom is -0.480 e. The average Bonchev–Trinajstić information content (AvgIpc) is 3.12. The average molecular weight is 485 g/mol. The van der Waals surface area contributed by atoms with Gasteiger partial charge in [0, 0.05) is 29.1 Å². The molecule has 34 heavy (non-hydrogen) atoms. The third-order valence-corrected chi connectivity index (χ3v) is 6.18. The lowest BCUT2D eigenvalue weighted by Gasteiger charge is -2.22. The van der Waals surface area contributed by atoms with E-state index in [1.165, 1.54) is 11.8 Å². The number of carbonyl (C=O) groups excluding carboxylic acids is 1. The minimum absolute atomic E-state index is 0.0136. The van der Waals surface area contributed by atoms with Gasteiger partial charge >= 0.3 is 18.0 Å². The van der Waals surface area contributed by atoms with Crippen LogP contribution in [0, 0.1) is 0 Å². The van der Waals surface area contributed by atoms with Crippen molar-refractivity contribution in [1.29, 1.82) is 0 Å². The summed E-state index contributed by atoms with van der Waals surface area (Å²) in [5.74, 6) is -2.22. The Hall–Kier alpha value is -3.46. The summed E-state index contributed by atoms with van der Waals surface area (Å²) in [6.45, 7) is 5.07. The van der Waals surface area contributed by atoms with Crippen molar-refractivity contribution in [2.24, 2.45) is 0 Å². The summed E-state index contributed by atoms with van der Waals surface area (Å²) in [6.07, 6.45) is 1.22. The number of ether oxygens (including phenoxy) is 1. The quantitative estimate of drug-likeness (QED) is 0.381. The van der Waals surface area contributed by atoms with Crippen LogP contribution in [0.15, 0.2) is 65.8 Å². The van der Waals surface area contributed by atoms with Crippen molar-refractivity contribution < 1.29 is 29.3 Å². The Labute approximate surface area is 201 Å². The van der Waals surface area contributed by atoms with E-state index in [0.29, 0.717) is 5.03 Å². The van der Waals surface area contributed by atoms with Gasteiger partial charge in [-0.2, -0.15) is 0 Å². The SMILES string of the molecule is CC(C)(C)OC(=O)N[C@@H](CSc1c2ccccc2cn1[C@H](Cc1ccccc1)C(=O)O)C(=O)O. The molecule has 0 aliphatic carbocycles. The molecule has 1 aromatic heterocycles. The molecule has 3 N–H and O–H groups in total. The van der Waals surface area contributed by atoms with Crippen molar-refractivity contribution in [3.05, 3.63) is 66.4 Å². The zero-order valence-corrected chi connectivity index (χ0v) is 20.0. The third kappa shape index (κ3) is 6.54. The number of hydrogen-bond acceptors (Lipinski definition) is 5. The van der Waals surface area contributed by atoms with Crippen LogP contribution < -0.4 is 5.32 Å². The molecule has 0 saturated carbocycles. The summed E-state index contributed by atoms with van der Waals surface area (Å²) in [7, 11) is 0. The van der Waals surface area contributed by atoms with E-state index >= 15 is 0 Å². The van der Waals surface area contributed by atoms with Crippen LogP contribution in [-0.2, 0) is 20.7 Å². The highest BCUT2D eigenvalue weighted by Gasteiger charge is 2.28. The maximum Gasteiger partial charge on any atom is 0.408 e. The van der Waals surface area contributed by atoms with Crippen LogP contribution in [0.2, 0.25) is 0 Å². The maximum absolute atomic E-state index is 12.3. The first kappa shape index (κ1) is 25.2. The van der Waals surface area contributed by atoms with E-state index in [2.05, 4.69) is 5.32 Å². The number of nitrogens with zero attached hydrogens (tertiary/aromatic N) is 1. The first-order valence-corrected chi connectivity index (χ1v) is 11.7. The van der Waals surface area contributed by atoms with Gasteiger partial charge in [-0.25, -0.2) is 14.4 Å². The molecule has 0 unspecified atom stereocenters. The molecule has 0 spiro atoms. The molecule has 2 aromatic carbocycles. The van der Waals surface area contributed by atoms with Crippen molar-refractivity contribution >= 4 is 40.6 Å². The van der Waals surface area contributed by atoms with Crippen molar-refractivity contribution in [3.63, 3.8) is 0 Å². The molecule has 0 aliphatic rings. The molecule has 1 heterocycles. The lowest BCUT2D eigenvalue weighted by atomic mass is 10.1. The standard InChI is InChI=1S/C25H28N2O6S/c1-25(2,3)33-24(32)26-19(22(28)29)15-34-21-18-12-8-7-11-17(18)14-27(21)20(23(30)31)13-16-9-5-4-6-10-16/h4-12,14,19-20H,13,15H2,1-3H3,(H,26,32)(H,28,29)(H,30,31)/t19-,20+/m0/s1. The van der Waals surface area contributed by atoms with Gasteiger partial charge in [0.2, 0.25) is 0 Å². The van der Waals surface area contributed by atoms with E-state index in [9.17, 15) is 24.6 Å². The van der Waals surface area contributed by atoms with Crippen LogP contribution in [0.5, 0.6) is 0 Å². The Morgan fingerprint density at radius 2 is 1.65 bits per heavy atom. The van der Waals surface area contributed by atoms with Crippen LogP contribution in [-0.4, -0.2) is 50.2 Å². The second kappa shape index (κ2) is 10.6. The fourth-order valence-electron chi connectivity index (χ4n) is 3.46. The van der Waals surface area contributed by atoms with Crippen molar-refractivity contribution in [1.82, 2.24) is 9.88 Å². The highest BCUT2D eigenvalue weighted by atomic mass is 32.2. The molecule has 0 fully saturated rings. The van der Waals surface area contributed by atoms with Gasteiger partial charge in [0.05, 0.1) is 5.03 Å². The zero-order chi connectivity index (χ0) is 24.9. The van der Waals surface area contributed by atoms with E-state index < -0.39 is 35.7 Å². The number of aromatic nitrogens is 1. The molecule has 0 saturated heterocycles. The van der Waals surface area contributed by atoms with Gasteiger partial charge < -0.3 is 24.8 Å². The minimum atomic E-state index is -1.22. The van der Waals surface area contributed by atoms with Crippen molar-refractivity contribution in [3.8, 4) is 0 Å². The molecule has 3 aromatic rings. The maximum atomic E-state index is 12.3. The summed E-state index contributed by atoms with van der Waals surface area (Å²) in [6, 6.07) is 14.7. The number of aliphatic carboxylic acids is 2. The van der Waals surface area contributed by atoms with Gasteiger partial charge in [-0.1, -0.05) is 54.6 Å². The van der Waals surface area contributed by atoms with Crippen LogP contribution in [0.1, 0.15) is 32.4 Å². The topological polar surface area (TPSA) is 118 Å². The fourth-order valence-corrected chi connectivity index (χ4v) is 4.69. The second-order valence-corrected chi connectivity index (χ2v) is 9.83. The Morgan fingerprint density at radius 1 is 1.00 bits per heavy atom. The number of carbonyl (C=O) groups is 3. The third-order valence-electron chi connectivity index (χ3n) is 4.97. The first-order valence-electron chi connectivity index (χ1n) is 10.8. The lowest BCUT2D eigenvalue weighted by molar-refractivity contribution is -0.141. The number of carboxylic acid groups (broad SMARTS) is 2. The molecular weight excluding hydrogens is 456 g/mol. The fraction of sp³-hybridized carbons (Fsp3) is 0.320. The highest BCUT2D eigenvalue weighted by Crippen LogP contribution is 2.34. The molecule has 180 valence electrons. The Kier molecular flexibility index (Phi) is 7.88. The first-order chi connectivity index (χ1) is 16.0. The Balaban J connectivity index is 1.90. The van der Waals surface area contributed by atoms with Crippen molar-refractivity contribution in [2.75, 3.05) is 5.75 Å². The summed E-state index contributed by atoms with van der Waals surface area (Å²) in [5.41, 5.74) is 0.107. The molecule has 9 heteroatoms. The molecule has 1 amide bonds. The largest absolute Gasteiger partial charge is 0.480 e. The van der Waals surface area contributed by atoms with Crippen molar-refractivity contribution in [2.45, 2.75) is 49.9 Å². The number of alkyl carbamates (subject to hydrolysis) is 1. The molecule has 3 rings (SSSR count). The van der Waals surface area contributed by atoms with E-state index in [-0.39, 0.29) is 12.2 Å². The summed E-state index contributed by atoms with van der Waals surface area (Å²) < 4.78 is 6.86. The normalized spacial score (nSPS) is 13.3. The molecule has 0 aliphatic heterocycles. The number of hydrogen-bond donors (Lipinski definition) is 3. The van der Waals surface area contributed by atoms with Crippen LogP contribution >= 0.6 is 11.8 Å². The van der Waals surface area contributed by atoms with Crippen LogP contribution in [0.3, 0.4) is 0 Å². The highest BCUT2D eigenvalue weighted by molar-refractivity contribution is 7.99. The predicted molar refractivity (Wildman–Crippen MR) is 130 cm³/mol. The van der Waals surface area contributed by atoms with Gasteiger partial charge in [-0.15, -0.1) is 11.8 Å². The smallest absolute Gasteiger partial charge is 0.408 e. The Bertz CT molecular complexity index is 1170. The summed E-state index contributed by atoms with van der Waals surface area (Å²) >= 11 is 1.18. The molecule has 2 atom stereocenters. The Morgan fingerprint density at radius 3 is 2.26 bits per heavy atom. The number of amides is 1. The van der Waals surface area contributed by atoms with E-state index in [0.717, 1.165) is 16.3 Å². The number of rotatable bonds is 9. The van der Waals surface area contributed by atoms with Gasteiger partial charge in [0.15, 0.2) is 0 Å². The van der Waals surface area contributed by atoms with Gasteiger partial charge in [-0.05, 0) is 26.3 Å². The monoisotopic (exact) mass is 484 g/mol. The second-order valence-electron chi connectivity index (χ2n) is 8.82. The van der Waals surface area contributed by atoms with E-state index in [1.54, 1.807) is 31.5 Å². The number of benzene rings is 2. The molecule has 0 radical (unpaired) electrons. The summed E-state index contributed by atoms with van der Waals surface area (Å²) in [4.78, 5) is 36.2. The summed E-state index contributed by atoms with van der Waals surface area (Å²) in [5, 5.41) is 24.3. The molecule has 8 nitrogen and oxygen atoms in total. The lowest BCUT2D eigenvalue weighted by Crippen LogP contribution is -2.45. The number of thioether (sulfide) groups is 1. The van der Waals surface area contributed by atoms with Gasteiger partial charge in [-0.3, -0.25) is 0 Å². The predicted octanol–water partition coefficient (Wildman–Crippen LogP) is 4.58. The zero-order valence-electron chi connectivity index (χ0n) is 19.2. The van der Waals surface area contributed by atoms with Crippen LogP contribution in [0.4, 0.5) is 4.79 Å². The van der Waals surface area contributed by atoms with Gasteiger partial charge in [0.1, 0.15) is 17.7 Å². The van der Waals surface area contributed by atoms with Gasteiger partial charge in [0.25, 0.3) is 0 Å². The number of carboxylic acids is 2.